The van der Waals surface area contributed by atoms with Gasteiger partial charge in [-0.3, -0.25) is 4.21 Å². The van der Waals surface area contributed by atoms with Gasteiger partial charge in [-0.2, -0.15) is 0 Å². The van der Waals surface area contributed by atoms with E-state index < -0.39 is 26.6 Å². The summed E-state index contributed by atoms with van der Waals surface area (Å²) in [5.74, 6) is -0.0308. The van der Waals surface area contributed by atoms with Crippen LogP contribution in [0.4, 0.5) is 4.39 Å². The second kappa shape index (κ2) is 6.23. The molecule has 17 heavy (non-hydrogen) atoms. The van der Waals surface area contributed by atoms with Gasteiger partial charge in [0.1, 0.15) is 5.82 Å². The van der Waals surface area contributed by atoms with Crippen molar-refractivity contribution in [1.29, 1.82) is 0 Å². The molecule has 0 aliphatic heterocycles. The van der Waals surface area contributed by atoms with Crippen LogP contribution in [0.25, 0.3) is 0 Å². The third kappa shape index (κ3) is 4.93. The highest BCUT2D eigenvalue weighted by molar-refractivity contribution is 7.89. The lowest BCUT2D eigenvalue weighted by molar-refractivity contribution is 0.579. The van der Waals surface area contributed by atoms with E-state index in [1.54, 1.807) is 6.26 Å². The van der Waals surface area contributed by atoms with Crippen LogP contribution in [0.3, 0.4) is 0 Å². The smallest absolute Gasteiger partial charge is 0.240 e. The van der Waals surface area contributed by atoms with E-state index in [4.69, 9.17) is 0 Å². The van der Waals surface area contributed by atoms with Crippen molar-refractivity contribution in [3.8, 4) is 0 Å². The summed E-state index contributed by atoms with van der Waals surface area (Å²) in [6, 6.07) is 4.59. The summed E-state index contributed by atoms with van der Waals surface area (Å²) in [6.07, 6.45) is 2.07. The quantitative estimate of drug-likeness (QED) is 0.786. The van der Waals surface area contributed by atoms with E-state index >= 15 is 0 Å². The van der Waals surface area contributed by atoms with Gasteiger partial charge in [-0.25, -0.2) is 17.5 Å². The lowest BCUT2D eigenvalue weighted by Crippen LogP contribution is -2.25. The average Bonchev–Trinajstić information content (AvgIpc) is 2.25. The first-order valence-corrected chi connectivity index (χ1v) is 8.18. The minimum atomic E-state index is -3.59. The summed E-state index contributed by atoms with van der Waals surface area (Å²) in [7, 11) is -4.52. The molecule has 0 radical (unpaired) electrons. The van der Waals surface area contributed by atoms with Crippen molar-refractivity contribution in [2.45, 2.75) is 11.3 Å². The van der Waals surface area contributed by atoms with Crippen molar-refractivity contribution >= 4 is 20.8 Å². The summed E-state index contributed by atoms with van der Waals surface area (Å²) in [6.45, 7) is 0.222. The topological polar surface area (TPSA) is 63.2 Å². The van der Waals surface area contributed by atoms with Crippen molar-refractivity contribution in [3.63, 3.8) is 0 Å². The second-order valence-corrected chi connectivity index (χ2v) is 6.80. The zero-order valence-electron chi connectivity index (χ0n) is 9.35. The first-order chi connectivity index (χ1) is 7.92. The Balaban J connectivity index is 2.57. The van der Waals surface area contributed by atoms with Gasteiger partial charge in [-0.1, -0.05) is 0 Å². The fourth-order valence-electron chi connectivity index (χ4n) is 1.18. The molecule has 1 N–H and O–H groups in total. The molecule has 4 nitrogen and oxygen atoms in total. The molecule has 1 atom stereocenters. The zero-order valence-corrected chi connectivity index (χ0v) is 11.0. The van der Waals surface area contributed by atoms with Crippen LogP contribution in [0.1, 0.15) is 6.42 Å². The molecule has 0 aromatic heterocycles. The van der Waals surface area contributed by atoms with E-state index in [9.17, 15) is 17.0 Å². The molecule has 0 aliphatic rings. The molecule has 0 heterocycles. The molecule has 1 rings (SSSR count). The predicted octanol–water partition coefficient (Wildman–Crippen LogP) is 0.873. The van der Waals surface area contributed by atoms with Gasteiger partial charge in [0.25, 0.3) is 0 Å². The highest BCUT2D eigenvalue weighted by Gasteiger charge is 2.12. The van der Waals surface area contributed by atoms with E-state index in [-0.39, 0.29) is 11.4 Å². The van der Waals surface area contributed by atoms with Gasteiger partial charge >= 0.3 is 0 Å². The molecule has 1 unspecified atom stereocenters. The van der Waals surface area contributed by atoms with Crippen LogP contribution in [-0.4, -0.2) is 31.2 Å². The van der Waals surface area contributed by atoms with E-state index in [1.165, 1.54) is 12.1 Å². The Labute approximate surface area is 103 Å². The van der Waals surface area contributed by atoms with Crippen LogP contribution < -0.4 is 4.72 Å². The minimum Gasteiger partial charge on any atom is -0.260 e. The monoisotopic (exact) mass is 279 g/mol. The van der Waals surface area contributed by atoms with Crippen molar-refractivity contribution in [2.24, 2.45) is 0 Å². The summed E-state index contributed by atoms with van der Waals surface area (Å²) >= 11 is 0. The van der Waals surface area contributed by atoms with E-state index in [2.05, 4.69) is 4.72 Å². The van der Waals surface area contributed by atoms with Crippen molar-refractivity contribution in [2.75, 3.05) is 18.6 Å². The van der Waals surface area contributed by atoms with Gasteiger partial charge in [-0.05, 0) is 30.7 Å². The largest absolute Gasteiger partial charge is 0.260 e. The Bertz CT molecular complexity index is 485. The Kier molecular flexibility index (Phi) is 5.23. The summed E-state index contributed by atoms with van der Waals surface area (Å²) in [5.41, 5.74) is 0. The van der Waals surface area contributed by atoms with E-state index in [0.717, 1.165) is 12.1 Å². The Morgan fingerprint density at radius 3 is 2.41 bits per heavy atom. The van der Waals surface area contributed by atoms with Gasteiger partial charge in [-0.15, -0.1) is 0 Å². The van der Waals surface area contributed by atoms with Crippen LogP contribution in [0.5, 0.6) is 0 Å². The average molecular weight is 279 g/mol. The number of hydrogen-bond donors (Lipinski definition) is 1. The summed E-state index contributed by atoms with van der Waals surface area (Å²) in [4.78, 5) is 0.0246. The van der Waals surface area contributed by atoms with Gasteiger partial charge in [0.05, 0.1) is 4.90 Å². The van der Waals surface area contributed by atoms with Crippen LogP contribution in [0.15, 0.2) is 29.2 Å². The molecule has 0 aliphatic carbocycles. The maximum Gasteiger partial charge on any atom is 0.240 e. The van der Waals surface area contributed by atoms with E-state index in [0.29, 0.717) is 12.2 Å². The summed E-state index contributed by atoms with van der Waals surface area (Å²) in [5, 5.41) is 0. The van der Waals surface area contributed by atoms with Gasteiger partial charge in [0, 0.05) is 29.4 Å². The van der Waals surface area contributed by atoms with Crippen LogP contribution in [-0.2, 0) is 20.8 Å². The van der Waals surface area contributed by atoms with Gasteiger partial charge in [0.2, 0.25) is 10.0 Å². The second-order valence-electron chi connectivity index (χ2n) is 3.48. The normalized spacial score (nSPS) is 13.5. The molecule has 0 bridgehead atoms. The number of hydrogen-bond acceptors (Lipinski definition) is 3. The Hall–Kier alpha value is -0.790. The number of rotatable bonds is 6. The third-order valence-electron chi connectivity index (χ3n) is 2.02. The molecule has 0 saturated heterocycles. The van der Waals surface area contributed by atoms with Gasteiger partial charge in [0.15, 0.2) is 0 Å². The maximum absolute atomic E-state index is 12.6. The molecular formula is C10H14FNO3S2. The standard InChI is InChI=1S/C10H14FNO3S2/c1-16(13)8-2-7-12-17(14,15)10-5-3-9(11)4-6-10/h3-6,12H,2,7-8H2,1H3. The SMILES string of the molecule is CS(=O)CCCNS(=O)(=O)c1ccc(F)cc1. The fourth-order valence-corrected chi connectivity index (χ4v) is 2.80. The molecule has 0 saturated carbocycles. The molecule has 96 valence electrons. The molecule has 0 spiro atoms. The van der Waals surface area contributed by atoms with Crippen LogP contribution in [0.2, 0.25) is 0 Å². The molecular weight excluding hydrogens is 265 g/mol. The highest BCUT2D eigenvalue weighted by atomic mass is 32.2. The van der Waals surface area contributed by atoms with E-state index in [1.807, 2.05) is 0 Å². The number of nitrogens with one attached hydrogen (secondary N) is 1. The maximum atomic E-state index is 12.6. The molecule has 0 amide bonds. The number of sulfonamides is 1. The first-order valence-electron chi connectivity index (χ1n) is 4.97. The van der Waals surface area contributed by atoms with Crippen LogP contribution >= 0.6 is 0 Å². The number of halogens is 1. The Morgan fingerprint density at radius 2 is 1.88 bits per heavy atom. The molecule has 1 aromatic carbocycles. The lowest BCUT2D eigenvalue weighted by atomic mass is 10.4. The lowest BCUT2D eigenvalue weighted by Gasteiger charge is -2.05. The summed E-state index contributed by atoms with van der Waals surface area (Å²) < 4.78 is 49.1. The zero-order chi connectivity index (χ0) is 12.9. The molecule has 1 aromatic rings. The third-order valence-corrected chi connectivity index (χ3v) is 4.37. The molecule has 7 heteroatoms. The van der Waals surface area contributed by atoms with Gasteiger partial charge < -0.3 is 0 Å². The van der Waals surface area contributed by atoms with Crippen molar-refractivity contribution in [3.05, 3.63) is 30.1 Å². The van der Waals surface area contributed by atoms with Crippen molar-refractivity contribution in [1.82, 2.24) is 4.72 Å². The fraction of sp³-hybridized carbons (Fsp3) is 0.400. The first kappa shape index (κ1) is 14.3. The number of benzene rings is 1. The molecule has 0 fully saturated rings. The Morgan fingerprint density at radius 1 is 1.29 bits per heavy atom. The minimum absolute atomic E-state index is 0.0246. The predicted molar refractivity (Wildman–Crippen MR) is 65.1 cm³/mol. The highest BCUT2D eigenvalue weighted by Crippen LogP contribution is 2.09. The van der Waals surface area contributed by atoms with Crippen LogP contribution in [0, 0.1) is 5.82 Å². The van der Waals surface area contributed by atoms with Crippen molar-refractivity contribution < 1.29 is 17.0 Å².